The number of nitrogens with one attached hydrogen (secondary N) is 2. The summed E-state index contributed by atoms with van der Waals surface area (Å²) in [4.78, 5) is 38.1. The van der Waals surface area contributed by atoms with Gasteiger partial charge >= 0.3 is 0 Å². The topological polar surface area (TPSA) is 87.2 Å². The number of carbonyl (C=O) groups excluding carboxylic acids is 2. The second-order valence-corrected chi connectivity index (χ2v) is 9.33. The van der Waals surface area contributed by atoms with Crippen molar-refractivity contribution in [3.63, 3.8) is 0 Å². The predicted octanol–water partition coefficient (Wildman–Crippen LogP) is 3.40. The SMILES string of the molecule is Cc1nc(C2CC2)nc2sc(C(=O)NNC(=O)CN3CCCc4ccccc43)c(C)c12. The van der Waals surface area contributed by atoms with Gasteiger partial charge in [0, 0.05) is 23.5 Å². The van der Waals surface area contributed by atoms with E-state index in [0.29, 0.717) is 10.8 Å². The Hall–Kier alpha value is -3.00. The minimum atomic E-state index is -0.319. The van der Waals surface area contributed by atoms with E-state index in [-0.39, 0.29) is 18.4 Å². The molecule has 3 aromatic rings. The quantitative estimate of drug-likeness (QED) is 0.614. The van der Waals surface area contributed by atoms with Gasteiger partial charge in [0.25, 0.3) is 11.8 Å². The van der Waals surface area contributed by atoms with E-state index in [1.807, 2.05) is 32.0 Å². The van der Waals surface area contributed by atoms with Crippen LogP contribution in [-0.4, -0.2) is 34.9 Å². The van der Waals surface area contributed by atoms with E-state index in [9.17, 15) is 9.59 Å². The van der Waals surface area contributed by atoms with Gasteiger partial charge in [-0.3, -0.25) is 20.4 Å². The number of fused-ring (bicyclic) bond motifs is 2. The van der Waals surface area contributed by atoms with E-state index in [1.54, 1.807) is 0 Å². The van der Waals surface area contributed by atoms with Crippen molar-refractivity contribution < 1.29 is 9.59 Å². The van der Waals surface area contributed by atoms with Gasteiger partial charge in [0.2, 0.25) is 0 Å². The van der Waals surface area contributed by atoms with E-state index in [0.717, 1.165) is 65.2 Å². The van der Waals surface area contributed by atoms with Crippen LogP contribution in [0, 0.1) is 13.8 Å². The number of aromatic nitrogens is 2. The number of benzene rings is 1. The fraction of sp³-hybridized carbons (Fsp3) is 0.391. The molecule has 2 aliphatic rings. The normalized spacial score (nSPS) is 15.6. The Balaban J connectivity index is 1.26. The van der Waals surface area contributed by atoms with E-state index >= 15 is 0 Å². The van der Waals surface area contributed by atoms with Crippen molar-refractivity contribution in [2.45, 2.75) is 45.4 Å². The van der Waals surface area contributed by atoms with Gasteiger partial charge < -0.3 is 4.90 Å². The van der Waals surface area contributed by atoms with Crippen LogP contribution in [0.15, 0.2) is 24.3 Å². The Morgan fingerprint density at radius 2 is 1.97 bits per heavy atom. The number of anilines is 1. The molecule has 1 aliphatic heterocycles. The van der Waals surface area contributed by atoms with Crippen LogP contribution in [0.4, 0.5) is 5.69 Å². The molecule has 8 heteroatoms. The van der Waals surface area contributed by atoms with Gasteiger partial charge in [-0.2, -0.15) is 0 Å². The molecule has 1 saturated carbocycles. The fourth-order valence-electron chi connectivity index (χ4n) is 4.27. The standard InChI is InChI=1S/C23H25N5O2S/c1-13-19-14(2)24-21(16-9-10-16)25-23(19)31-20(13)22(30)27-26-18(29)12-28-11-5-7-15-6-3-4-8-17(15)28/h3-4,6,8,16H,5,7,9-12H2,1-2H3,(H,26,29)(H,27,30). The molecule has 0 atom stereocenters. The van der Waals surface area contributed by atoms with Crippen molar-refractivity contribution in [3.05, 3.63) is 51.8 Å². The van der Waals surface area contributed by atoms with Gasteiger partial charge in [-0.05, 0) is 56.7 Å². The third kappa shape index (κ3) is 3.87. The molecule has 0 unspecified atom stereocenters. The van der Waals surface area contributed by atoms with Gasteiger partial charge in [-0.1, -0.05) is 18.2 Å². The molecule has 1 aromatic carbocycles. The Bertz CT molecular complexity index is 1180. The number of amides is 2. The molecule has 1 fully saturated rings. The Labute approximate surface area is 184 Å². The molecule has 160 valence electrons. The smallest absolute Gasteiger partial charge is 0.280 e. The summed E-state index contributed by atoms with van der Waals surface area (Å²) in [6.07, 6.45) is 4.31. The van der Waals surface area contributed by atoms with Crippen molar-refractivity contribution in [1.29, 1.82) is 0 Å². The van der Waals surface area contributed by atoms with Crippen molar-refractivity contribution in [1.82, 2.24) is 20.8 Å². The van der Waals surface area contributed by atoms with E-state index in [1.165, 1.54) is 16.9 Å². The molecule has 0 spiro atoms. The number of carbonyl (C=O) groups is 2. The van der Waals surface area contributed by atoms with Crippen LogP contribution < -0.4 is 15.8 Å². The lowest BCUT2D eigenvalue weighted by Gasteiger charge is -2.30. The second kappa shape index (κ2) is 7.92. The first-order valence-corrected chi connectivity index (χ1v) is 11.5. The highest BCUT2D eigenvalue weighted by atomic mass is 32.1. The molecular formula is C23H25N5O2S. The molecule has 0 radical (unpaired) electrons. The fourth-order valence-corrected chi connectivity index (χ4v) is 5.41. The second-order valence-electron chi connectivity index (χ2n) is 8.33. The summed E-state index contributed by atoms with van der Waals surface area (Å²) in [6.45, 7) is 4.91. The largest absolute Gasteiger partial charge is 0.362 e. The van der Waals surface area contributed by atoms with E-state index < -0.39 is 0 Å². The van der Waals surface area contributed by atoms with Crippen LogP contribution in [0.25, 0.3) is 10.2 Å². The van der Waals surface area contributed by atoms with Crippen molar-refractivity contribution in [2.75, 3.05) is 18.0 Å². The number of para-hydroxylation sites is 1. The summed E-state index contributed by atoms with van der Waals surface area (Å²) in [6, 6.07) is 8.15. The van der Waals surface area contributed by atoms with Crippen LogP contribution in [-0.2, 0) is 11.2 Å². The number of thiophene rings is 1. The summed E-state index contributed by atoms with van der Waals surface area (Å²) >= 11 is 1.36. The van der Waals surface area contributed by atoms with Gasteiger partial charge in [-0.25, -0.2) is 9.97 Å². The Morgan fingerprint density at radius 3 is 2.77 bits per heavy atom. The zero-order valence-electron chi connectivity index (χ0n) is 17.7. The lowest BCUT2D eigenvalue weighted by molar-refractivity contribution is -0.120. The monoisotopic (exact) mass is 435 g/mol. The number of nitrogens with zero attached hydrogens (tertiary/aromatic N) is 3. The average Bonchev–Trinajstić information content (AvgIpc) is 3.56. The van der Waals surface area contributed by atoms with Gasteiger partial charge in [-0.15, -0.1) is 11.3 Å². The Morgan fingerprint density at radius 1 is 1.16 bits per heavy atom. The number of hydrogen-bond acceptors (Lipinski definition) is 6. The average molecular weight is 436 g/mol. The number of rotatable bonds is 4. The van der Waals surface area contributed by atoms with Crippen LogP contribution in [0.1, 0.15) is 57.5 Å². The van der Waals surface area contributed by atoms with Crippen molar-refractivity contribution >= 4 is 39.1 Å². The molecule has 3 heterocycles. The highest BCUT2D eigenvalue weighted by Gasteiger charge is 2.28. The predicted molar refractivity (Wildman–Crippen MR) is 121 cm³/mol. The van der Waals surface area contributed by atoms with Gasteiger partial charge in [0.15, 0.2) is 0 Å². The first-order valence-electron chi connectivity index (χ1n) is 10.7. The highest BCUT2D eigenvalue weighted by Crippen LogP contribution is 2.40. The van der Waals surface area contributed by atoms with E-state index in [2.05, 4.69) is 31.8 Å². The first-order chi connectivity index (χ1) is 15.0. The van der Waals surface area contributed by atoms with E-state index in [4.69, 9.17) is 0 Å². The summed E-state index contributed by atoms with van der Waals surface area (Å²) in [5, 5.41) is 0.941. The first kappa shape index (κ1) is 19.9. The third-order valence-electron chi connectivity index (χ3n) is 5.99. The van der Waals surface area contributed by atoms with Gasteiger partial charge in [0.05, 0.1) is 17.1 Å². The van der Waals surface area contributed by atoms with Crippen LogP contribution >= 0.6 is 11.3 Å². The maximum atomic E-state index is 12.8. The molecule has 5 rings (SSSR count). The summed E-state index contributed by atoms with van der Waals surface area (Å²) in [7, 11) is 0. The van der Waals surface area contributed by atoms with Crippen LogP contribution in [0.3, 0.4) is 0 Å². The lowest BCUT2D eigenvalue weighted by Crippen LogP contribution is -2.47. The maximum absolute atomic E-state index is 12.8. The van der Waals surface area contributed by atoms with Crippen LogP contribution in [0.2, 0.25) is 0 Å². The molecule has 2 amide bonds. The summed E-state index contributed by atoms with van der Waals surface area (Å²) in [5.41, 5.74) is 9.27. The molecule has 1 aliphatic carbocycles. The number of hydrogen-bond donors (Lipinski definition) is 2. The maximum Gasteiger partial charge on any atom is 0.280 e. The summed E-state index contributed by atoms with van der Waals surface area (Å²) < 4.78 is 0. The van der Waals surface area contributed by atoms with Gasteiger partial charge in [0.1, 0.15) is 10.7 Å². The lowest BCUT2D eigenvalue weighted by atomic mass is 10.0. The zero-order valence-corrected chi connectivity index (χ0v) is 18.5. The molecule has 2 aromatic heterocycles. The number of aryl methyl sites for hydroxylation is 3. The minimum absolute atomic E-state index is 0.206. The Kier molecular flexibility index (Phi) is 5.09. The van der Waals surface area contributed by atoms with Crippen LogP contribution in [0.5, 0.6) is 0 Å². The molecule has 0 saturated heterocycles. The molecule has 2 N–H and O–H groups in total. The van der Waals surface area contributed by atoms with Crippen molar-refractivity contribution in [3.8, 4) is 0 Å². The highest BCUT2D eigenvalue weighted by molar-refractivity contribution is 7.20. The minimum Gasteiger partial charge on any atom is -0.362 e. The summed E-state index contributed by atoms with van der Waals surface area (Å²) in [5.74, 6) is 0.784. The molecule has 31 heavy (non-hydrogen) atoms. The zero-order chi connectivity index (χ0) is 21.5. The number of hydrazine groups is 1. The third-order valence-corrected chi connectivity index (χ3v) is 7.18. The molecule has 7 nitrogen and oxygen atoms in total. The molecule has 0 bridgehead atoms. The molecular weight excluding hydrogens is 410 g/mol. The van der Waals surface area contributed by atoms with Crippen molar-refractivity contribution in [2.24, 2.45) is 0 Å².